The summed E-state index contributed by atoms with van der Waals surface area (Å²) >= 11 is 0. The number of sulfonamides is 1. The number of aromatic amines is 1. The fraction of sp³-hybridized carbons (Fsp3) is 0.250. The lowest BCUT2D eigenvalue weighted by Crippen LogP contribution is -2.26. The molecule has 1 heterocycles. The van der Waals surface area contributed by atoms with Crippen molar-refractivity contribution in [2.45, 2.75) is 11.6 Å². The molecule has 0 unspecified atom stereocenters. The van der Waals surface area contributed by atoms with Crippen molar-refractivity contribution in [1.82, 2.24) is 14.3 Å². The molecule has 7 heteroatoms. The zero-order valence-corrected chi connectivity index (χ0v) is 11.5. The van der Waals surface area contributed by atoms with Crippen LogP contribution in [0, 0.1) is 0 Å². The van der Waals surface area contributed by atoms with Crippen molar-refractivity contribution >= 4 is 10.0 Å². The number of hydrogen-bond acceptors (Lipinski definition) is 4. The maximum Gasteiger partial charge on any atom is 0.260 e. The number of benzene rings is 1. The first kappa shape index (κ1) is 13.6. The van der Waals surface area contributed by atoms with Gasteiger partial charge in [0, 0.05) is 13.6 Å². The van der Waals surface area contributed by atoms with E-state index in [0.717, 1.165) is 5.56 Å². The molecule has 0 saturated heterocycles. The quantitative estimate of drug-likeness (QED) is 0.894. The average Bonchev–Trinajstić information content (AvgIpc) is 2.93. The maximum absolute atomic E-state index is 12.2. The number of nitrogens with one attached hydrogen (secondary N) is 1. The fourth-order valence-electron chi connectivity index (χ4n) is 1.66. The molecular formula is C12H15N3O3S. The molecule has 1 aromatic carbocycles. The summed E-state index contributed by atoms with van der Waals surface area (Å²) in [6.45, 7) is 0.262. The molecule has 0 aliphatic heterocycles. The molecule has 19 heavy (non-hydrogen) atoms. The van der Waals surface area contributed by atoms with Gasteiger partial charge in [-0.3, -0.25) is 0 Å². The Morgan fingerprint density at radius 3 is 2.84 bits per heavy atom. The van der Waals surface area contributed by atoms with E-state index < -0.39 is 10.0 Å². The first-order chi connectivity index (χ1) is 9.04. The van der Waals surface area contributed by atoms with E-state index in [0.29, 0.717) is 5.75 Å². The zero-order chi connectivity index (χ0) is 13.9. The lowest BCUT2D eigenvalue weighted by Gasteiger charge is -2.16. The summed E-state index contributed by atoms with van der Waals surface area (Å²) < 4.78 is 30.7. The van der Waals surface area contributed by atoms with Gasteiger partial charge in [-0.2, -0.15) is 4.31 Å². The minimum absolute atomic E-state index is 0.0814. The van der Waals surface area contributed by atoms with Crippen LogP contribution in [0.3, 0.4) is 0 Å². The second-order valence-corrected chi connectivity index (χ2v) is 6.04. The normalized spacial score (nSPS) is 11.7. The maximum atomic E-state index is 12.2. The van der Waals surface area contributed by atoms with Crippen LogP contribution in [0.25, 0.3) is 0 Å². The zero-order valence-electron chi connectivity index (χ0n) is 10.7. The van der Waals surface area contributed by atoms with Crippen molar-refractivity contribution in [3.8, 4) is 5.75 Å². The highest BCUT2D eigenvalue weighted by molar-refractivity contribution is 7.89. The van der Waals surface area contributed by atoms with E-state index in [4.69, 9.17) is 4.74 Å². The topological polar surface area (TPSA) is 75.3 Å². The molecule has 1 aromatic heterocycles. The van der Waals surface area contributed by atoms with Gasteiger partial charge >= 0.3 is 0 Å². The Kier molecular flexibility index (Phi) is 3.87. The van der Waals surface area contributed by atoms with Gasteiger partial charge in [-0.05, 0) is 17.7 Å². The molecule has 0 atom stereocenters. The molecule has 1 N–H and O–H groups in total. The lowest BCUT2D eigenvalue weighted by molar-refractivity contribution is 0.412. The van der Waals surface area contributed by atoms with Crippen molar-refractivity contribution < 1.29 is 13.2 Å². The van der Waals surface area contributed by atoms with Crippen molar-refractivity contribution in [1.29, 1.82) is 0 Å². The van der Waals surface area contributed by atoms with Crippen molar-refractivity contribution in [3.05, 3.63) is 42.4 Å². The van der Waals surface area contributed by atoms with E-state index in [-0.39, 0.29) is 11.6 Å². The molecule has 0 aliphatic carbocycles. The molecule has 2 rings (SSSR count). The number of H-pyrrole nitrogens is 1. The van der Waals surface area contributed by atoms with Crippen LogP contribution in [0.5, 0.6) is 5.75 Å². The Bertz CT molecular complexity index is 638. The summed E-state index contributed by atoms with van der Waals surface area (Å²) in [5.41, 5.74) is 0.852. The molecule has 2 aromatic rings. The summed E-state index contributed by atoms with van der Waals surface area (Å²) in [6.07, 6.45) is 2.63. The van der Waals surface area contributed by atoms with Gasteiger partial charge < -0.3 is 9.72 Å². The van der Waals surface area contributed by atoms with Gasteiger partial charge in [0.15, 0.2) is 5.03 Å². The monoisotopic (exact) mass is 281 g/mol. The van der Waals surface area contributed by atoms with Crippen LogP contribution >= 0.6 is 0 Å². The Balaban J connectivity index is 2.19. The van der Waals surface area contributed by atoms with Crippen molar-refractivity contribution in [2.24, 2.45) is 0 Å². The Morgan fingerprint density at radius 2 is 2.21 bits per heavy atom. The van der Waals surface area contributed by atoms with E-state index in [1.165, 1.54) is 23.9 Å². The molecule has 0 spiro atoms. The minimum atomic E-state index is -3.54. The summed E-state index contributed by atoms with van der Waals surface area (Å²) in [4.78, 5) is 6.33. The van der Waals surface area contributed by atoms with Crippen LogP contribution in [-0.4, -0.2) is 36.8 Å². The number of rotatable bonds is 5. The van der Waals surface area contributed by atoms with E-state index in [9.17, 15) is 8.42 Å². The third-order valence-electron chi connectivity index (χ3n) is 2.70. The van der Waals surface area contributed by atoms with E-state index in [1.807, 2.05) is 18.2 Å². The SMILES string of the molecule is COc1cccc(CN(C)S(=O)(=O)c2cnc[nH]2)c1. The lowest BCUT2D eigenvalue weighted by atomic mass is 10.2. The molecule has 0 aliphatic rings. The van der Waals surface area contributed by atoms with Gasteiger partial charge in [-0.1, -0.05) is 12.1 Å². The average molecular weight is 281 g/mol. The first-order valence-electron chi connectivity index (χ1n) is 5.61. The Labute approximate surface area is 112 Å². The van der Waals surface area contributed by atoms with Crippen LogP contribution in [0.1, 0.15) is 5.56 Å². The molecule has 0 fully saturated rings. The molecular weight excluding hydrogens is 266 g/mol. The van der Waals surface area contributed by atoms with Gasteiger partial charge in [-0.25, -0.2) is 13.4 Å². The van der Waals surface area contributed by atoms with Crippen LogP contribution in [0.15, 0.2) is 41.8 Å². The molecule has 0 saturated carbocycles. The van der Waals surface area contributed by atoms with Crippen LogP contribution in [0.2, 0.25) is 0 Å². The number of ether oxygens (including phenoxy) is 1. The van der Waals surface area contributed by atoms with Crippen molar-refractivity contribution in [3.63, 3.8) is 0 Å². The first-order valence-corrected chi connectivity index (χ1v) is 7.05. The van der Waals surface area contributed by atoms with Crippen LogP contribution in [0.4, 0.5) is 0 Å². The summed E-state index contributed by atoms with van der Waals surface area (Å²) in [7, 11) is -0.442. The van der Waals surface area contributed by atoms with Gasteiger partial charge in [0.25, 0.3) is 10.0 Å². The number of aromatic nitrogens is 2. The highest BCUT2D eigenvalue weighted by Crippen LogP contribution is 2.17. The predicted molar refractivity (Wildman–Crippen MR) is 70.2 cm³/mol. The van der Waals surface area contributed by atoms with E-state index >= 15 is 0 Å². The summed E-state index contributed by atoms with van der Waals surface area (Å²) in [6, 6.07) is 7.29. The smallest absolute Gasteiger partial charge is 0.260 e. The van der Waals surface area contributed by atoms with Crippen LogP contribution < -0.4 is 4.74 Å². The summed E-state index contributed by atoms with van der Waals surface area (Å²) in [5.74, 6) is 0.699. The van der Waals surface area contributed by atoms with Gasteiger partial charge in [0.1, 0.15) is 5.75 Å². The van der Waals surface area contributed by atoms with Crippen molar-refractivity contribution in [2.75, 3.05) is 14.2 Å². The number of imidazole rings is 1. The minimum Gasteiger partial charge on any atom is -0.497 e. The van der Waals surface area contributed by atoms with Crippen LogP contribution in [-0.2, 0) is 16.6 Å². The van der Waals surface area contributed by atoms with Gasteiger partial charge in [-0.15, -0.1) is 0 Å². The summed E-state index contributed by atoms with van der Waals surface area (Å²) in [5, 5.41) is 0.0814. The highest BCUT2D eigenvalue weighted by Gasteiger charge is 2.22. The number of hydrogen-bond donors (Lipinski definition) is 1. The number of methoxy groups -OCH3 is 1. The fourth-order valence-corrected chi connectivity index (χ4v) is 2.72. The molecule has 102 valence electrons. The molecule has 0 amide bonds. The predicted octanol–water partition coefficient (Wildman–Crippen LogP) is 1.24. The molecule has 0 radical (unpaired) electrons. The second kappa shape index (κ2) is 5.41. The second-order valence-electron chi connectivity index (χ2n) is 4.03. The number of nitrogens with zero attached hydrogens (tertiary/aromatic N) is 2. The largest absolute Gasteiger partial charge is 0.497 e. The third kappa shape index (κ3) is 2.94. The Hall–Kier alpha value is -1.86. The molecule has 6 nitrogen and oxygen atoms in total. The standard InChI is InChI=1S/C12H15N3O3S/c1-15(19(16,17)12-7-13-9-14-12)8-10-4-3-5-11(6-10)18-2/h3-7,9H,8H2,1-2H3,(H,13,14). The highest BCUT2D eigenvalue weighted by atomic mass is 32.2. The third-order valence-corrected chi connectivity index (χ3v) is 4.43. The van der Waals surface area contributed by atoms with Gasteiger partial charge in [0.2, 0.25) is 0 Å². The van der Waals surface area contributed by atoms with E-state index in [2.05, 4.69) is 9.97 Å². The Morgan fingerprint density at radius 1 is 1.42 bits per heavy atom. The molecule has 0 bridgehead atoms. The van der Waals surface area contributed by atoms with Gasteiger partial charge in [0.05, 0.1) is 19.6 Å². The van der Waals surface area contributed by atoms with E-state index in [1.54, 1.807) is 13.2 Å².